The van der Waals surface area contributed by atoms with Crippen LogP contribution in [0.1, 0.15) is 44.2 Å². The topological polar surface area (TPSA) is 95.9 Å². The van der Waals surface area contributed by atoms with E-state index in [0.29, 0.717) is 6.42 Å². The van der Waals surface area contributed by atoms with Crippen molar-refractivity contribution in [1.29, 1.82) is 0 Å². The Kier molecular flexibility index (Phi) is 7.41. The highest BCUT2D eigenvalue weighted by molar-refractivity contribution is 5.82. The van der Waals surface area contributed by atoms with Crippen LogP contribution in [0.15, 0.2) is 48.5 Å². The summed E-state index contributed by atoms with van der Waals surface area (Å²) in [7, 11) is 1.60. The minimum Gasteiger partial charge on any atom is -0.481 e. The standard InChI is InChI=1S/C26H32N2O5/c1-17(23(29)30)15-28(4)24(31)26(2,3)13-14-27-25(32)33-16-22-20-11-7-5-9-18(20)19-10-6-8-12-21(19)22/h5-12,17,22H,13-16H2,1-4H3,(H,27,32)(H,29,30). The van der Waals surface area contributed by atoms with Gasteiger partial charge >= 0.3 is 12.1 Å². The molecule has 0 spiro atoms. The Morgan fingerprint density at radius 3 is 2.15 bits per heavy atom. The Morgan fingerprint density at radius 2 is 1.61 bits per heavy atom. The molecule has 33 heavy (non-hydrogen) atoms. The Morgan fingerprint density at radius 1 is 1.06 bits per heavy atom. The van der Waals surface area contributed by atoms with Gasteiger partial charge in [0.05, 0.1) is 5.92 Å². The second-order valence-electron chi connectivity index (χ2n) is 9.31. The number of ether oxygens (including phenoxy) is 1. The van der Waals surface area contributed by atoms with Crippen molar-refractivity contribution in [3.63, 3.8) is 0 Å². The zero-order valence-electron chi connectivity index (χ0n) is 19.6. The lowest BCUT2D eigenvalue weighted by atomic mass is 9.87. The van der Waals surface area contributed by atoms with Crippen molar-refractivity contribution in [2.24, 2.45) is 11.3 Å². The molecule has 2 N–H and O–H groups in total. The Hall–Kier alpha value is -3.35. The van der Waals surface area contributed by atoms with Crippen molar-refractivity contribution in [2.45, 2.75) is 33.1 Å². The van der Waals surface area contributed by atoms with E-state index in [-0.39, 0.29) is 31.5 Å². The van der Waals surface area contributed by atoms with Gasteiger partial charge in [-0.3, -0.25) is 9.59 Å². The number of rotatable bonds is 9. The Labute approximate surface area is 194 Å². The van der Waals surface area contributed by atoms with Crippen molar-refractivity contribution in [2.75, 3.05) is 26.7 Å². The second-order valence-corrected chi connectivity index (χ2v) is 9.31. The number of fused-ring (bicyclic) bond motifs is 3. The molecule has 1 atom stereocenters. The van der Waals surface area contributed by atoms with Crippen LogP contribution in [0.25, 0.3) is 11.1 Å². The van der Waals surface area contributed by atoms with Gasteiger partial charge in [-0.05, 0) is 28.7 Å². The van der Waals surface area contributed by atoms with Crippen LogP contribution in [0.3, 0.4) is 0 Å². The molecule has 176 valence electrons. The number of aliphatic carboxylic acids is 1. The summed E-state index contributed by atoms with van der Waals surface area (Å²) < 4.78 is 5.53. The molecule has 7 heteroatoms. The van der Waals surface area contributed by atoms with Crippen molar-refractivity contribution in [1.82, 2.24) is 10.2 Å². The highest BCUT2D eigenvalue weighted by Crippen LogP contribution is 2.44. The molecule has 0 fully saturated rings. The number of carboxylic acid groups (broad SMARTS) is 1. The summed E-state index contributed by atoms with van der Waals surface area (Å²) in [5.74, 6) is -1.76. The van der Waals surface area contributed by atoms with E-state index in [1.54, 1.807) is 27.8 Å². The lowest BCUT2D eigenvalue weighted by Crippen LogP contribution is -2.43. The number of hydrogen-bond donors (Lipinski definition) is 2. The van der Waals surface area contributed by atoms with Gasteiger partial charge in [-0.15, -0.1) is 0 Å². The van der Waals surface area contributed by atoms with Crippen LogP contribution in [0.5, 0.6) is 0 Å². The fourth-order valence-corrected chi connectivity index (χ4v) is 4.32. The monoisotopic (exact) mass is 452 g/mol. The third-order valence-electron chi connectivity index (χ3n) is 6.26. The van der Waals surface area contributed by atoms with Gasteiger partial charge in [0.15, 0.2) is 0 Å². The number of carbonyl (C=O) groups excluding carboxylic acids is 2. The fourth-order valence-electron chi connectivity index (χ4n) is 4.32. The lowest BCUT2D eigenvalue weighted by molar-refractivity contribution is -0.145. The number of carboxylic acids is 1. The minimum absolute atomic E-state index is 0.00829. The molecule has 1 aliphatic carbocycles. The first-order valence-corrected chi connectivity index (χ1v) is 11.2. The average molecular weight is 453 g/mol. The smallest absolute Gasteiger partial charge is 0.407 e. The van der Waals surface area contributed by atoms with Crippen molar-refractivity contribution in [3.8, 4) is 11.1 Å². The van der Waals surface area contributed by atoms with Crippen molar-refractivity contribution in [3.05, 3.63) is 59.7 Å². The van der Waals surface area contributed by atoms with Crippen molar-refractivity contribution < 1.29 is 24.2 Å². The quantitative estimate of drug-likeness (QED) is 0.597. The molecule has 2 aromatic rings. The van der Waals surface area contributed by atoms with Gasteiger partial charge in [-0.1, -0.05) is 69.3 Å². The zero-order valence-corrected chi connectivity index (χ0v) is 19.6. The molecule has 7 nitrogen and oxygen atoms in total. The van der Waals surface area contributed by atoms with Crippen LogP contribution in [-0.4, -0.2) is 54.7 Å². The van der Waals surface area contributed by atoms with Gasteiger partial charge < -0.3 is 20.1 Å². The van der Waals surface area contributed by atoms with E-state index < -0.39 is 23.4 Å². The summed E-state index contributed by atoms with van der Waals surface area (Å²) in [6, 6.07) is 16.3. The first-order chi connectivity index (χ1) is 15.6. The second kappa shape index (κ2) is 10.1. The highest BCUT2D eigenvalue weighted by atomic mass is 16.5. The molecule has 0 saturated heterocycles. The van der Waals surface area contributed by atoms with Gasteiger partial charge in [0, 0.05) is 31.5 Å². The van der Waals surface area contributed by atoms with E-state index in [0.717, 1.165) is 11.1 Å². The van der Waals surface area contributed by atoms with Crippen LogP contribution >= 0.6 is 0 Å². The van der Waals surface area contributed by atoms with Gasteiger partial charge in [0.2, 0.25) is 5.91 Å². The number of benzene rings is 2. The summed E-state index contributed by atoms with van der Waals surface area (Å²) in [4.78, 5) is 37.5. The van der Waals surface area contributed by atoms with Crippen LogP contribution < -0.4 is 5.32 Å². The molecule has 1 aliphatic rings. The number of nitrogens with zero attached hydrogens (tertiary/aromatic N) is 1. The van der Waals surface area contributed by atoms with Gasteiger partial charge in [0.1, 0.15) is 6.61 Å². The van der Waals surface area contributed by atoms with Crippen LogP contribution in [0, 0.1) is 11.3 Å². The number of nitrogens with one attached hydrogen (secondary N) is 1. The summed E-state index contributed by atoms with van der Waals surface area (Å²) in [5, 5.41) is 11.8. The molecule has 2 aromatic carbocycles. The molecule has 3 rings (SSSR count). The van der Waals surface area contributed by atoms with E-state index in [2.05, 4.69) is 29.6 Å². The molecule has 0 radical (unpaired) electrons. The number of alkyl carbamates (subject to hydrolysis) is 1. The normalized spacial score (nSPS) is 13.6. The molecular weight excluding hydrogens is 420 g/mol. The first-order valence-electron chi connectivity index (χ1n) is 11.2. The molecule has 0 bridgehead atoms. The van der Waals surface area contributed by atoms with E-state index in [4.69, 9.17) is 9.84 Å². The van der Waals surface area contributed by atoms with Crippen LogP contribution in [-0.2, 0) is 14.3 Å². The minimum atomic E-state index is -0.940. The molecule has 1 unspecified atom stereocenters. The SMILES string of the molecule is CC(CN(C)C(=O)C(C)(C)CCNC(=O)OCC1c2ccccc2-c2ccccc21)C(=O)O. The molecular formula is C26H32N2O5. The third-order valence-corrected chi connectivity index (χ3v) is 6.26. The van der Waals surface area contributed by atoms with E-state index in [1.165, 1.54) is 16.0 Å². The van der Waals surface area contributed by atoms with Crippen molar-refractivity contribution >= 4 is 18.0 Å². The predicted molar refractivity (Wildman–Crippen MR) is 126 cm³/mol. The molecule has 0 aliphatic heterocycles. The number of carbonyl (C=O) groups is 3. The molecule has 2 amide bonds. The Bertz CT molecular complexity index is 987. The van der Waals surface area contributed by atoms with Crippen LogP contribution in [0.4, 0.5) is 4.79 Å². The molecule has 0 aromatic heterocycles. The fraction of sp³-hybridized carbons (Fsp3) is 0.423. The average Bonchev–Trinajstić information content (AvgIpc) is 3.10. The third kappa shape index (κ3) is 5.53. The summed E-state index contributed by atoms with van der Waals surface area (Å²) in [5.41, 5.74) is 3.89. The van der Waals surface area contributed by atoms with E-state index >= 15 is 0 Å². The van der Waals surface area contributed by atoms with E-state index in [9.17, 15) is 14.4 Å². The maximum Gasteiger partial charge on any atom is 0.407 e. The molecule has 0 saturated carbocycles. The van der Waals surface area contributed by atoms with Gasteiger partial charge in [-0.2, -0.15) is 0 Å². The highest BCUT2D eigenvalue weighted by Gasteiger charge is 2.32. The number of hydrogen-bond acceptors (Lipinski definition) is 4. The van der Waals surface area contributed by atoms with Gasteiger partial charge in [-0.25, -0.2) is 4.79 Å². The maximum atomic E-state index is 12.7. The van der Waals surface area contributed by atoms with Gasteiger partial charge in [0.25, 0.3) is 0 Å². The Balaban J connectivity index is 1.50. The largest absolute Gasteiger partial charge is 0.481 e. The summed E-state index contributed by atoms with van der Waals surface area (Å²) in [6.45, 7) is 5.79. The summed E-state index contributed by atoms with van der Waals surface area (Å²) in [6.07, 6.45) is -0.116. The zero-order chi connectivity index (χ0) is 24.2. The first kappa shape index (κ1) is 24.3. The summed E-state index contributed by atoms with van der Waals surface area (Å²) >= 11 is 0. The van der Waals surface area contributed by atoms with Crippen LogP contribution in [0.2, 0.25) is 0 Å². The predicted octanol–water partition coefficient (Wildman–Crippen LogP) is 4.12. The lowest BCUT2D eigenvalue weighted by Gasteiger charge is -2.30. The number of amides is 2. The maximum absolute atomic E-state index is 12.7. The van der Waals surface area contributed by atoms with E-state index in [1.807, 2.05) is 24.3 Å². The molecule has 0 heterocycles.